The fourth-order valence-corrected chi connectivity index (χ4v) is 10.1. The number of allylic oxidation sites excluding steroid dienone is 13. The van der Waals surface area contributed by atoms with E-state index in [0.29, 0.717) is 6.42 Å². The van der Waals surface area contributed by atoms with E-state index in [4.69, 9.17) is 9.47 Å². The zero-order chi connectivity index (χ0) is 56.5. The van der Waals surface area contributed by atoms with Gasteiger partial charge in [0.15, 0.2) is 6.29 Å². The number of aliphatic hydroxyl groups excluding tert-OH is 5. The molecule has 7 atom stereocenters. The lowest BCUT2D eigenvalue weighted by molar-refractivity contribution is -0.302. The molecule has 0 spiro atoms. The van der Waals surface area contributed by atoms with Crippen LogP contribution in [-0.4, -0.2) is 87.5 Å². The standard InChI is InChI=1S/C69H123NO8/c1-3-5-7-9-11-13-15-17-19-21-23-24-25-26-27-28-29-30-31-32-33-34-35-36-37-38-39-40-41-43-45-47-49-51-53-55-57-59-65(73)70-62(61-77-69-68(76)67(75)66(74)64(60-71)78-69)63(72)58-56-54-52-50-48-46-44-42-22-20-18-16-14-12-10-8-6-4-2/h5,7,11,13,17,19,23-24,26-27,29-30,56,58,62-64,66-69,71-72,74-76H,3-4,6,8-10,12,14-16,18,20-22,25,28,31-55,57,59-61H2,1-2H3,(H,70,73)/b7-5-,13-11-,19-17-,24-23-,27-26-,30-29-,58-56+. The van der Waals surface area contributed by atoms with E-state index in [1.807, 2.05) is 6.08 Å². The van der Waals surface area contributed by atoms with Crippen LogP contribution in [0.1, 0.15) is 290 Å². The van der Waals surface area contributed by atoms with Crippen molar-refractivity contribution in [3.8, 4) is 0 Å². The number of amides is 1. The van der Waals surface area contributed by atoms with E-state index in [9.17, 15) is 30.3 Å². The SMILES string of the molecule is CC/C=C\C/C=C\C/C=C\C/C=C\C/C=C\C/C=C\CCCCCCCCCCCCCCCCCCCCC(=O)NC(COC1OC(CO)C(O)C(O)C1O)C(O)/C=C/CCCCCCCCCCCCCCCCCC. The van der Waals surface area contributed by atoms with E-state index in [1.165, 1.54) is 193 Å². The Balaban J connectivity index is 2.11. The molecule has 1 saturated heterocycles. The number of ether oxygens (including phenoxy) is 2. The summed E-state index contributed by atoms with van der Waals surface area (Å²) in [5.41, 5.74) is 0. The van der Waals surface area contributed by atoms with Crippen LogP contribution < -0.4 is 5.32 Å². The van der Waals surface area contributed by atoms with Gasteiger partial charge in [-0.1, -0.05) is 298 Å². The molecule has 0 aromatic rings. The van der Waals surface area contributed by atoms with Crippen LogP contribution in [-0.2, 0) is 14.3 Å². The molecule has 0 bridgehead atoms. The molecule has 1 aliphatic heterocycles. The first-order valence-corrected chi connectivity index (χ1v) is 32.8. The van der Waals surface area contributed by atoms with Gasteiger partial charge in [-0.15, -0.1) is 0 Å². The average molecular weight is 1090 g/mol. The quantitative estimate of drug-likeness (QED) is 0.0261. The molecule has 9 heteroatoms. The topological polar surface area (TPSA) is 149 Å². The van der Waals surface area contributed by atoms with E-state index in [0.717, 1.165) is 77.0 Å². The lowest BCUT2D eigenvalue weighted by atomic mass is 9.99. The van der Waals surface area contributed by atoms with Gasteiger partial charge in [-0.2, -0.15) is 0 Å². The zero-order valence-electron chi connectivity index (χ0n) is 50.4. The van der Waals surface area contributed by atoms with Gasteiger partial charge in [0.2, 0.25) is 5.91 Å². The Hall–Kier alpha value is -2.63. The Labute approximate surface area is 480 Å². The number of unbranched alkanes of at least 4 members (excludes halogenated alkanes) is 34. The maximum absolute atomic E-state index is 13.1. The van der Waals surface area contributed by atoms with Gasteiger partial charge < -0.3 is 40.3 Å². The summed E-state index contributed by atoms with van der Waals surface area (Å²) in [6.45, 7) is 3.69. The first-order chi connectivity index (χ1) is 38.3. The van der Waals surface area contributed by atoms with Gasteiger partial charge in [0.05, 0.1) is 25.4 Å². The number of aliphatic hydroxyl groups is 5. The van der Waals surface area contributed by atoms with Crippen LogP contribution in [0.3, 0.4) is 0 Å². The Kier molecular flexibility index (Phi) is 54.2. The molecule has 1 heterocycles. The Morgan fingerprint density at radius 3 is 1.18 bits per heavy atom. The third kappa shape index (κ3) is 46.0. The highest BCUT2D eigenvalue weighted by Crippen LogP contribution is 2.23. The molecule has 0 aromatic heterocycles. The van der Waals surface area contributed by atoms with Crippen molar-refractivity contribution in [2.24, 2.45) is 0 Å². The summed E-state index contributed by atoms with van der Waals surface area (Å²) >= 11 is 0. The number of hydrogen-bond donors (Lipinski definition) is 6. The summed E-state index contributed by atoms with van der Waals surface area (Å²) in [5.74, 6) is -0.175. The minimum Gasteiger partial charge on any atom is -0.394 e. The maximum Gasteiger partial charge on any atom is 0.220 e. The highest BCUT2D eigenvalue weighted by atomic mass is 16.7. The normalized spacial score (nSPS) is 19.2. The molecular weight excluding hydrogens is 971 g/mol. The van der Waals surface area contributed by atoms with Gasteiger partial charge >= 0.3 is 0 Å². The van der Waals surface area contributed by atoms with Gasteiger partial charge in [0.25, 0.3) is 0 Å². The van der Waals surface area contributed by atoms with Gasteiger partial charge in [-0.3, -0.25) is 4.79 Å². The van der Waals surface area contributed by atoms with Crippen LogP contribution >= 0.6 is 0 Å². The Morgan fingerprint density at radius 2 is 0.795 bits per heavy atom. The summed E-state index contributed by atoms with van der Waals surface area (Å²) in [7, 11) is 0. The van der Waals surface area contributed by atoms with E-state index >= 15 is 0 Å². The van der Waals surface area contributed by atoms with Crippen molar-refractivity contribution >= 4 is 5.91 Å². The monoisotopic (exact) mass is 1090 g/mol. The first-order valence-electron chi connectivity index (χ1n) is 32.8. The predicted octanol–water partition coefficient (Wildman–Crippen LogP) is 17.4. The molecule has 6 N–H and O–H groups in total. The van der Waals surface area contributed by atoms with Crippen LogP contribution in [0.5, 0.6) is 0 Å². The van der Waals surface area contributed by atoms with Gasteiger partial charge in [0, 0.05) is 6.42 Å². The lowest BCUT2D eigenvalue weighted by Gasteiger charge is -2.40. The third-order valence-corrected chi connectivity index (χ3v) is 15.2. The van der Waals surface area contributed by atoms with Crippen molar-refractivity contribution in [3.05, 3.63) is 85.1 Å². The molecular formula is C69H123NO8. The molecule has 1 rings (SSSR count). The molecule has 0 radical (unpaired) electrons. The molecule has 452 valence electrons. The molecule has 0 saturated carbocycles. The molecule has 9 nitrogen and oxygen atoms in total. The summed E-state index contributed by atoms with van der Waals surface area (Å²) in [5, 5.41) is 54.6. The highest BCUT2D eigenvalue weighted by Gasteiger charge is 2.44. The fourth-order valence-electron chi connectivity index (χ4n) is 10.1. The van der Waals surface area contributed by atoms with Crippen molar-refractivity contribution in [1.82, 2.24) is 5.32 Å². The van der Waals surface area contributed by atoms with Crippen molar-refractivity contribution < 1.29 is 39.8 Å². The highest BCUT2D eigenvalue weighted by molar-refractivity contribution is 5.76. The second kappa shape index (κ2) is 57.6. The van der Waals surface area contributed by atoms with E-state index in [2.05, 4.69) is 92.1 Å². The van der Waals surface area contributed by atoms with Crippen LogP contribution in [0, 0.1) is 0 Å². The average Bonchev–Trinajstić information content (AvgIpc) is 3.45. The number of carbonyl (C=O) groups is 1. The maximum atomic E-state index is 13.1. The van der Waals surface area contributed by atoms with Gasteiger partial charge in [-0.05, 0) is 70.6 Å². The number of hydrogen-bond acceptors (Lipinski definition) is 8. The molecule has 1 fully saturated rings. The van der Waals surface area contributed by atoms with Crippen molar-refractivity contribution in [2.75, 3.05) is 13.2 Å². The summed E-state index contributed by atoms with van der Waals surface area (Å²) < 4.78 is 11.3. The van der Waals surface area contributed by atoms with E-state index < -0.39 is 49.5 Å². The van der Waals surface area contributed by atoms with Crippen LogP contribution in [0.4, 0.5) is 0 Å². The third-order valence-electron chi connectivity index (χ3n) is 15.2. The minimum absolute atomic E-state index is 0.175. The Morgan fingerprint density at radius 1 is 0.449 bits per heavy atom. The van der Waals surface area contributed by atoms with Gasteiger partial charge in [0.1, 0.15) is 24.4 Å². The molecule has 7 unspecified atom stereocenters. The molecule has 78 heavy (non-hydrogen) atoms. The summed E-state index contributed by atoms with van der Waals surface area (Å²) in [4.78, 5) is 13.1. The van der Waals surface area contributed by atoms with E-state index in [1.54, 1.807) is 6.08 Å². The second-order valence-electron chi connectivity index (χ2n) is 22.5. The molecule has 1 aliphatic rings. The summed E-state index contributed by atoms with van der Waals surface area (Å²) in [6, 6.07) is -0.808. The molecule has 0 aromatic carbocycles. The summed E-state index contributed by atoms with van der Waals surface area (Å²) in [6.07, 6.45) is 75.3. The second-order valence-corrected chi connectivity index (χ2v) is 22.5. The smallest absolute Gasteiger partial charge is 0.220 e. The molecule has 1 amide bonds. The van der Waals surface area contributed by atoms with Crippen LogP contribution in [0.15, 0.2) is 85.1 Å². The fraction of sp³-hybridized carbons (Fsp3) is 0.783. The minimum atomic E-state index is -1.57. The van der Waals surface area contributed by atoms with Crippen molar-refractivity contribution in [3.63, 3.8) is 0 Å². The number of carbonyl (C=O) groups excluding carboxylic acids is 1. The lowest BCUT2D eigenvalue weighted by Crippen LogP contribution is -2.60. The number of nitrogens with one attached hydrogen (secondary N) is 1. The van der Waals surface area contributed by atoms with Crippen molar-refractivity contribution in [2.45, 2.75) is 333 Å². The van der Waals surface area contributed by atoms with E-state index in [-0.39, 0.29) is 12.5 Å². The van der Waals surface area contributed by atoms with Crippen LogP contribution in [0.25, 0.3) is 0 Å². The van der Waals surface area contributed by atoms with Crippen molar-refractivity contribution in [1.29, 1.82) is 0 Å². The number of rotatable bonds is 56. The predicted molar refractivity (Wildman–Crippen MR) is 332 cm³/mol. The van der Waals surface area contributed by atoms with Crippen LogP contribution in [0.2, 0.25) is 0 Å². The van der Waals surface area contributed by atoms with Gasteiger partial charge in [-0.25, -0.2) is 0 Å². The zero-order valence-corrected chi connectivity index (χ0v) is 50.4. The first kappa shape index (κ1) is 73.4. The largest absolute Gasteiger partial charge is 0.394 e. The molecule has 0 aliphatic carbocycles. The Bertz CT molecular complexity index is 1500.